The number of nitrogens with zero attached hydrogens (tertiary/aromatic N) is 4. The van der Waals surface area contributed by atoms with E-state index in [1.54, 1.807) is 0 Å². The molecule has 12 heteroatoms. The van der Waals surface area contributed by atoms with E-state index in [-0.39, 0.29) is 10.8 Å². The highest BCUT2D eigenvalue weighted by molar-refractivity contribution is 8.00. The maximum Gasteiger partial charge on any atom is 0.304 e. The number of para-hydroxylation sites is 1. The summed E-state index contributed by atoms with van der Waals surface area (Å²) < 4.78 is 41.9. The molecule has 1 N–H and O–H groups in total. The first-order chi connectivity index (χ1) is 14.8. The van der Waals surface area contributed by atoms with Gasteiger partial charge in [0.05, 0.1) is 5.69 Å². The lowest BCUT2D eigenvalue weighted by atomic mass is 10.2. The van der Waals surface area contributed by atoms with Crippen LogP contribution in [0.3, 0.4) is 0 Å². The van der Waals surface area contributed by atoms with Gasteiger partial charge in [-0.3, -0.25) is 10.1 Å². The third kappa shape index (κ3) is 6.00. The van der Waals surface area contributed by atoms with Crippen molar-refractivity contribution in [1.82, 2.24) is 14.5 Å². The molecule has 3 aromatic rings. The van der Waals surface area contributed by atoms with E-state index in [1.807, 2.05) is 30.3 Å². The summed E-state index contributed by atoms with van der Waals surface area (Å²) >= 11 is 2.65. The maximum atomic E-state index is 14.3. The second-order valence-corrected chi connectivity index (χ2v) is 10.7. The number of carbonyl (C=O) groups excluding carboxylic acids is 1. The number of thioether (sulfide) groups is 1. The second kappa shape index (κ2) is 10.2. The van der Waals surface area contributed by atoms with E-state index in [0.29, 0.717) is 14.4 Å². The zero-order chi connectivity index (χ0) is 22.4. The zero-order valence-electron chi connectivity index (χ0n) is 16.7. The van der Waals surface area contributed by atoms with Crippen LogP contribution < -0.4 is 9.62 Å². The number of hydrogen-bond acceptors (Lipinski definition) is 7. The molecule has 164 valence electrons. The maximum absolute atomic E-state index is 14.3. The van der Waals surface area contributed by atoms with Gasteiger partial charge in [-0.1, -0.05) is 65.6 Å². The topological polar surface area (TPSA) is 95.5 Å². The van der Waals surface area contributed by atoms with E-state index in [9.17, 15) is 17.6 Å². The van der Waals surface area contributed by atoms with Crippen molar-refractivity contribution in [2.75, 3.05) is 30.3 Å². The van der Waals surface area contributed by atoms with Crippen LogP contribution in [0.5, 0.6) is 0 Å². The Morgan fingerprint density at radius 1 is 1.10 bits per heavy atom. The highest BCUT2D eigenvalue weighted by Crippen LogP contribution is 2.28. The Morgan fingerprint density at radius 2 is 1.77 bits per heavy atom. The van der Waals surface area contributed by atoms with Crippen LogP contribution in [0.2, 0.25) is 0 Å². The van der Waals surface area contributed by atoms with Gasteiger partial charge in [-0.05, 0) is 17.7 Å². The van der Waals surface area contributed by atoms with Crippen molar-refractivity contribution in [2.24, 2.45) is 0 Å². The van der Waals surface area contributed by atoms with Crippen LogP contribution in [-0.2, 0) is 20.8 Å². The van der Waals surface area contributed by atoms with Gasteiger partial charge in [0.1, 0.15) is 12.4 Å². The average molecular weight is 482 g/mol. The summed E-state index contributed by atoms with van der Waals surface area (Å²) in [6.45, 7) is -0.618. The molecule has 31 heavy (non-hydrogen) atoms. The normalized spacial score (nSPS) is 11.5. The summed E-state index contributed by atoms with van der Waals surface area (Å²) in [5, 5.41) is 10.7. The van der Waals surface area contributed by atoms with Crippen molar-refractivity contribution in [3.63, 3.8) is 0 Å². The number of rotatable bonds is 9. The molecule has 0 unspecified atom stereocenters. The van der Waals surface area contributed by atoms with Crippen LogP contribution in [0.25, 0.3) is 0 Å². The van der Waals surface area contributed by atoms with Crippen LogP contribution in [0, 0.1) is 5.82 Å². The molecule has 3 rings (SSSR count). The number of aromatic nitrogens is 2. The largest absolute Gasteiger partial charge is 0.304 e. The molecule has 1 amide bonds. The van der Waals surface area contributed by atoms with Gasteiger partial charge in [-0.15, -0.1) is 10.2 Å². The number of carbonyl (C=O) groups is 1. The van der Waals surface area contributed by atoms with Crippen molar-refractivity contribution in [2.45, 2.75) is 10.1 Å². The predicted octanol–water partition coefficient (Wildman–Crippen LogP) is 3.22. The summed E-state index contributed by atoms with van der Waals surface area (Å²) in [6.07, 6.45) is 0. The fourth-order valence-corrected chi connectivity index (χ4v) is 5.26. The fraction of sp³-hybridized carbons (Fsp3) is 0.211. The molecule has 0 aliphatic rings. The molecular weight excluding hydrogens is 461 g/mol. The highest BCUT2D eigenvalue weighted by atomic mass is 32.2. The van der Waals surface area contributed by atoms with E-state index in [2.05, 4.69) is 15.5 Å². The van der Waals surface area contributed by atoms with Gasteiger partial charge < -0.3 is 0 Å². The third-order valence-electron chi connectivity index (χ3n) is 4.01. The summed E-state index contributed by atoms with van der Waals surface area (Å²) in [7, 11) is -1.49. The molecule has 2 aromatic carbocycles. The minimum Gasteiger partial charge on any atom is -0.299 e. The number of anilines is 2. The second-order valence-electron chi connectivity index (χ2n) is 6.44. The molecule has 0 atom stereocenters. The summed E-state index contributed by atoms with van der Waals surface area (Å²) in [4.78, 5) is 12.5. The SMILES string of the molecule is CN(C)S(=O)(=O)N(CC(=O)Nc1nnc(SCc2ccccc2)s1)c1ccccc1F. The van der Waals surface area contributed by atoms with Gasteiger partial charge in [-0.25, -0.2) is 8.70 Å². The predicted molar refractivity (Wildman–Crippen MR) is 121 cm³/mol. The summed E-state index contributed by atoms with van der Waals surface area (Å²) in [5.74, 6) is -0.716. The quantitative estimate of drug-likeness (QED) is 0.372. The Balaban J connectivity index is 1.69. The summed E-state index contributed by atoms with van der Waals surface area (Å²) in [5.41, 5.74) is 0.908. The molecule has 0 saturated carbocycles. The summed E-state index contributed by atoms with van der Waals surface area (Å²) in [6, 6.07) is 15.2. The number of benzene rings is 2. The van der Waals surface area contributed by atoms with Gasteiger partial charge in [0.25, 0.3) is 0 Å². The number of hydrogen-bond donors (Lipinski definition) is 1. The van der Waals surface area contributed by atoms with E-state index in [1.165, 1.54) is 55.4 Å². The van der Waals surface area contributed by atoms with Crippen molar-refractivity contribution in [3.05, 3.63) is 66.0 Å². The Hall–Kier alpha value is -2.54. The van der Waals surface area contributed by atoms with Gasteiger partial charge in [0.2, 0.25) is 11.0 Å². The standard InChI is InChI=1S/C19H20FN5O3S3/c1-24(2)31(27,28)25(16-11-7-6-10-15(16)20)12-17(26)21-18-22-23-19(30-18)29-13-14-8-4-3-5-9-14/h3-11H,12-13H2,1-2H3,(H,21,22,26). The molecule has 0 spiro atoms. The lowest BCUT2D eigenvalue weighted by Gasteiger charge is -2.26. The van der Waals surface area contributed by atoms with Crippen LogP contribution in [0.4, 0.5) is 15.2 Å². The van der Waals surface area contributed by atoms with Crippen molar-refractivity contribution in [1.29, 1.82) is 0 Å². The minimum atomic E-state index is -4.11. The van der Waals surface area contributed by atoms with Crippen LogP contribution in [0.1, 0.15) is 5.56 Å². The van der Waals surface area contributed by atoms with Crippen LogP contribution >= 0.6 is 23.1 Å². The number of halogens is 1. The molecule has 0 aliphatic carbocycles. The van der Waals surface area contributed by atoms with Crippen molar-refractivity contribution >= 4 is 50.0 Å². The third-order valence-corrected chi connectivity index (χ3v) is 7.86. The van der Waals surface area contributed by atoms with Crippen molar-refractivity contribution in [3.8, 4) is 0 Å². The van der Waals surface area contributed by atoms with Crippen LogP contribution in [-0.4, -0.2) is 49.5 Å². The molecule has 0 saturated heterocycles. The average Bonchev–Trinajstić information content (AvgIpc) is 3.19. The molecule has 0 bridgehead atoms. The Bertz CT molecular complexity index is 1140. The van der Waals surface area contributed by atoms with Gasteiger partial charge in [0.15, 0.2) is 4.34 Å². The molecule has 0 aliphatic heterocycles. The van der Waals surface area contributed by atoms with Gasteiger partial charge in [-0.2, -0.15) is 12.7 Å². The highest BCUT2D eigenvalue weighted by Gasteiger charge is 2.29. The Kier molecular flexibility index (Phi) is 7.59. The first kappa shape index (κ1) is 23.1. The monoisotopic (exact) mass is 481 g/mol. The smallest absolute Gasteiger partial charge is 0.299 e. The Labute approximate surface area is 188 Å². The minimum absolute atomic E-state index is 0.220. The van der Waals surface area contributed by atoms with E-state index in [0.717, 1.165) is 15.9 Å². The molecule has 0 radical (unpaired) electrons. The van der Waals surface area contributed by atoms with E-state index in [4.69, 9.17) is 0 Å². The van der Waals surface area contributed by atoms with Crippen LogP contribution in [0.15, 0.2) is 58.9 Å². The fourth-order valence-electron chi connectivity index (χ4n) is 2.47. The zero-order valence-corrected chi connectivity index (χ0v) is 19.2. The molecule has 8 nitrogen and oxygen atoms in total. The Morgan fingerprint density at radius 3 is 2.45 bits per heavy atom. The molecule has 1 heterocycles. The van der Waals surface area contributed by atoms with E-state index >= 15 is 0 Å². The van der Waals surface area contributed by atoms with Crippen molar-refractivity contribution < 1.29 is 17.6 Å². The first-order valence-electron chi connectivity index (χ1n) is 9.02. The lowest BCUT2D eigenvalue weighted by molar-refractivity contribution is -0.114. The first-order valence-corrected chi connectivity index (χ1v) is 12.2. The van der Waals surface area contributed by atoms with Gasteiger partial charge in [0, 0.05) is 19.8 Å². The van der Waals surface area contributed by atoms with E-state index < -0.39 is 28.5 Å². The molecule has 1 aromatic heterocycles. The molecular formula is C19H20FN5O3S3. The number of amides is 1. The number of nitrogens with one attached hydrogen (secondary N) is 1. The lowest BCUT2D eigenvalue weighted by Crippen LogP contribution is -2.44. The van der Waals surface area contributed by atoms with Gasteiger partial charge >= 0.3 is 10.2 Å². The molecule has 0 fully saturated rings.